The van der Waals surface area contributed by atoms with Gasteiger partial charge in [0.2, 0.25) is 0 Å². The summed E-state index contributed by atoms with van der Waals surface area (Å²) < 4.78 is 24.7. The maximum absolute atomic E-state index is 12.1. The van der Waals surface area contributed by atoms with Crippen molar-refractivity contribution in [2.75, 3.05) is 0 Å². The number of benzene rings is 1. The molecule has 0 amide bonds. The van der Waals surface area contributed by atoms with Crippen LogP contribution in [0.4, 0.5) is 0 Å². The number of nitrogens with zero attached hydrogens (tertiary/aromatic N) is 1. The zero-order valence-electron chi connectivity index (χ0n) is 10.4. The Kier molecular flexibility index (Phi) is 5.08. The fourth-order valence-electron chi connectivity index (χ4n) is 1.72. The molecule has 0 radical (unpaired) electrons. The second-order valence-corrected chi connectivity index (χ2v) is 8.11. The van der Waals surface area contributed by atoms with Crippen LogP contribution < -0.4 is 5.56 Å². The topological polar surface area (TPSA) is 79.9 Å². The average Bonchev–Trinajstić information content (AvgIpc) is 2.30. The number of halogens is 3. The molecule has 112 valence electrons. The number of aromatic nitrogens is 2. The zero-order chi connectivity index (χ0) is 15.6. The van der Waals surface area contributed by atoms with E-state index in [0.29, 0.717) is 20.2 Å². The lowest BCUT2D eigenvalue weighted by Gasteiger charge is -2.05. The van der Waals surface area contributed by atoms with Gasteiger partial charge in [0, 0.05) is 10.0 Å². The van der Waals surface area contributed by atoms with Crippen LogP contribution in [0.3, 0.4) is 0 Å². The summed E-state index contributed by atoms with van der Waals surface area (Å²) in [5.41, 5.74) is -0.149. The van der Waals surface area contributed by atoms with E-state index < -0.39 is 21.1 Å². The van der Waals surface area contributed by atoms with Gasteiger partial charge in [-0.05, 0) is 39.7 Å². The van der Waals surface area contributed by atoms with Gasteiger partial charge in [-0.3, -0.25) is 9.78 Å². The lowest BCUT2D eigenvalue weighted by molar-refractivity contribution is 0.593. The molecule has 2 rings (SSSR count). The van der Waals surface area contributed by atoms with Crippen LogP contribution in [0.5, 0.6) is 0 Å². The minimum atomic E-state index is -3.57. The molecule has 0 spiro atoms. The van der Waals surface area contributed by atoms with Gasteiger partial charge in [0.15, 0.2) is 9.84 Å². The maximum Gasteiger partial charge on any atom is 0.271 e. The number of H-pyrrole nitrogens is 1. The molecule has 0 aliphatic carbocycles. The molecular formula is C12H9BrCl2N2O3S. The molecule has 0 saturated heterocycles. The Balaban J connectivity index is 2.24. The first kappa shape index (κ1) is 16.5. The summed E-state index contributed by atoms with van der Waals surface area (Å²) in [6.07, 6.45) is 1.34. The van der Waals surface area contributed by atoms with Crippen LogP contribution in [-0.2, 0) is 21.3 Å². The normalized spacial score (nSPS) is 11.6. The van der Waals surface area contributed by atoms with E-state index in [-0.39, 0.29) is 11.4 Å². The van der Waals surface area contributed by atoms with Gasteiger partial charge < -0.3 is 4.98 Å². The van der Waals surface area contributed by atoms with Crippen molar-refractivity contribution in [2.45, 2.75) is 11.5 Å². The molecular weight excluding hydrogens is 403 g/mol. The quantitative estimate of drug-likeness (QED) is 0.838. The molecule has 0 atom stereocenters. The van der Waals surface area contributed by atoms with Crippen LogP contribution in [0, 0.1) is 0 Å². The minimum absolute atomic E-state index is 0.0636. The first-order valence-electron chi connectivity index (χ1n) is 5.64. The van der Waals surface area contributed by atoms with Gasteiger partial charge in [-0.25, -0.2) is 8.42 Å². The fourth-order valence-corrected chi connectivity index (χ4v) is 3.97. The second kappa shape index (κ2) is 6.48. The summed E-state index contributed by atoms with van der Waals surface area (Å²) in [5.74, 6) is -0.732. The molecule has 0 bridgehead atoms. The Morgan fingerprint density at radius 3 is 2.33 bits per heavy atom. The van der Waals surface area contributed by atoms with E-state index in [1.165, 1.54) is 24.4 Å². The van der Waals surface area contributed by atoms with Crippen LogP contribution in [0.1, 0.15) is 11.3 Å². The summed E-state index contributed by atoms with van der Waals surface area (Å²) >= 11 is 14.7. The highest BCUT2D eigenvalue weighted by molar-refractivity contribution is 9.10. The lowest BCUT2D eigenvalue weighted by atomic mass is 10.2. The smallest absolute Gasteiger partial charge is 0.271 e. The lowest BCUT2D eigenvalue weighted by Crippen LogP contribution is -2.19. The molecule has 1 heterocycles. The highest BCUT2D eigenvalue weighted by Crippen LogP contribution is 2.21. The summed E-state index contributed by atoms with van der Waals surface area (Å²) in [4.78, 5) is 17.9. The third kappa shape index (κ3) is 4.81. The molecule has 0 unspecified atom stereocenters. The van der Waals surface area contributed by atoms with Crippen molar-refractivity contribution in [3.63, 3.8) is 0 Å². The van der Waals surface area contributed by atoms with Crippen molar-refractivity contribution in [1.29, 1.82) is 0 Å². The van der Waals surface area contributed by atoms with E-state index in [0.717, 1.165) is 0 Å². The van der Waals surface area contributed by atoms with E-state index in [2.05, 4.69) is 25.9 Å². The Labute approximate surface area is 139 Å². The van der Waals surface area contributed by atoms with E-state index >= 15 is 0 Å². The van der Waals surface area contributed by atoms with Gasteiger partial charge in [-0.2, -0.15) is 0 Å². The van der Waals surface area contributed by atoms with Crippen molar-refractivity contribution in [2.24, 2.45) is 0 Å². The summed E-state index contributed by atoms with van der Waals surface area (Å²) in [7, 11) is -3.57. The van der Waals surface area contributed by atoms with Crippen LogP contribution in [0.2, 0.25) is 10.0 Å². The van der Waals surface area contributed by atoms with E-state index in [1.54, 1.807) is 0 Å². The standard InChI is InChI=1S/C12H9BrCl2N2O3S/c13-11-4-16-10(12(18)17-11)6-21(19,20)5-7-1-8(14)3-9(15)2-7/h1-4H,5-6H2,(H,17,18). The van der Waals surface area contributed by atoms with Crippen molar-refractivity contribution in [1.82, 2.24) is 9.97 Å². The summed E-state index contributed by atoms with van der Waals surface area (Å²) in [5, 5.41) is 0.708. The number of aromatic amines is 1. The number of rotatable bonds is 4. The number of hydrogen-bond donors (Lipinski definition) is 1. The van der Waals surface area contributed by atoms with Gasteiger partial charge in [0.1, 0.15) is 10.3 Å². The van der Waals surface area contributed by atoms with Gasteiger partial charge >= 0.3 is 0 Å². The van der Waals surface area contributed by atoms with Crippen molar-refractivity contribution in [3.05, 3.63) is 60.7 Å². The third-order valence-electron chi connectivity index (χ3n) is 2.49. The van der Waals surface area contributed by atoms with E-state index in [9.17, 15) is 13.2 Å². The van der Waals surface area contributed by atoms with Crippen LogP contribution in [0.15, 0.2) is 33.8 Å². The Morgan fingerprint density at radius 1 is 1.14 bits per heavy atom. The van der Waals surface area contributed by atoms with Gasteiger partial charge in [-0.15, -0.1) is 0 Å². The minimum Gasteiger partial charge on any atom is -0.314 e. The monoisotopic (exact) mass is 410 g/mol. The maximum atomic E-state index is 12.1. The highest BCUT2D eigenvalue weighted by Gasteiger charge is 2.17. The summed E-state index contributed by atoms with van der Waals surface area (Å²) in [6.45, 7) is 0. The Bertz CT molecular complexity index is 816. The van der Waals surface area contributed by atoms with E-state index in [4.69, 9.17) is 23.2 Å². The van der Waals surface area contributed by atoms with Gasteiger partial charge in [-0.1, -0.05) is 23.2 Å². The molecule has 21 heavy (non-hydrogen) atoms. The van der Waals surface area contributed by atoms with Crippen molar-refractivity contribution >= 4 is 49.0 Å². The first-order chi connectivity index (χ1) is 9.75. The largest absolute Gasteiger partial charge is 0.314 e. The average molecular weight is 412 g/mol. The third-order valence-corrected chi connectivity index (χ3v) is 4.82. The molecule has 5 nitrogen and oxygen atoms in total. The number of hydrogen-bond acceptors (Lipinski definition) is 4. The second-order valence-electron chi connectivity index (χ2n) is 4.32. The molecule has 0 fully saturated rings. The first-order valence-corrected chi connectivity index (χ1v) is 9.01. The molecule has 9 heteroatoms. The van der Waals surface area contributed by atoms with Crippen molar-refractivity contribution in [3.8, 4) is 0 Å². The molecule has 0 saturated carbocycles. The molecule has 1 aromatic carbocycles. The predicted molar refractivity (Wildman–Crippen MR) is 85.3 cm³/mol. The van der Waals surface area contributed by atoms with Gasteiger partial charge in [0.25, 0.3) is 5.56 Å². The SMILES string of the molecule is O=c1[nH]c(Br)cnc1CS(=O)(=O)Cc1cc(Cl)cc(Cl)c1. The number of sulfone groups is 1. The van der Waals surface area contributed by atoms with Crippen LogP contribution >= 0.6 is 39.1 Å². The highest BCUT2D eigenvalue weighted by atomic mass is 79.9. The molecule has 2 aromatic rings. The molecule has 0 aliphatic rings. The Hall–Kier alpha value is -0.890. The fraction of sp³-hybridized carbons (Fsp3) is 0.167. The Morgan fingerprint density at radius 2 is 1.76 bits per heavy atom. The molecule has 1 aromatic heterocycles. The van der Waals surface area contributed by atoms with Crippen LogP contribution in [-0.4, -0.2) is 18.4 Å². The van der Waals surface area contributed by atoms with Crippen molar-refractivity contribution < 1.29 is 8.42 Å². The summed E-state index contributed by atoms with van der Waals surface area (Å²) in [6, 6.07) is 4.55. The molecule has 0 aliphatic heterocycles. The zero-order valence-corrected chi connectivity index (χ0v) is 14.4. The predicted octanol–water partition coefficient (Wildman–Crippen LogP) is 2.95. The molecule has 1 N–H and O–H groups in total. The van der Waals surface area contributed by atoms with Crippen LogP contribution in [0.25, 0.3) is 0 Å². The number of nitrogens with one attached hydrogen (secondary N) is 1. The van der Waals surface area contributed by atoms with E-state index in [1.807, 2.05) is 0 Å². The van der Waals surface area contributed by atoms with Gasteiger partial charge in [0.05, 0.1) is 17.7 Å².